The van der Waals surface area contributed by atoms with Gasteiger partial charge in [0.05, 0.1) is 13.7 Å². The average Bonchev–Trinajstić information content (AvgIpc) is 2.99. The second-order valence-corrected chi connectivity index (χ2v) is 4.68. The van der Waals surface area contributed by atoms with Crippen molar-refractivity contribution >= 4 is 17.8 Å². The van der Waals surface area contributed by atoms with Gasteiger partial charge >= 0.3 is 6.09 Å². The van der Waals surface area contributed by atoms with Gasteiger partial charge in [-0.1, -0.05) is 30.3 Å². The van der Waals surface area contributed by atoms with Gasteiger partial charge in [-0.05, 0) is 5.56 Å². The van der Waals surface area contributed by atoms with Crippen LogP contribution in [0.25, 0.3) is 0 Å². The highest BCUT2D eigenvalue weighted by Gasteiger charge is 2.57. The molecule has 0 aliphatic carbocycles. The first-order valence-electron chi connectivity index (χ1n) is 6.09. The highest BCUT2D eigenvalue weighted by atomic mass is 16.5. The van der Waals surface area contributed by atoms with Crippen molar-refractivity contribution in [2.24, 2.45) is 10.9 Å². The molecule has 7 nitrogen and oxygen atoms in total. The van der Waals surface area contributed by atoms with Crippen LogP contribution in [0.15, 0.2) is 35.3 Å². The Bertz CT molecular complexity index is 601. The number of aliphatic hydroxyl groups is 1. The molecular formula is C13H13N3O4. The van der Waals surface area contributed by atoms with Crippen molar-refractivity contribution in [2.45, 2.75) is 5.60 Å². The minimum atomic E-state index is -1.44. The maximum Gasteiger partial charge on any atom is 0.435 e. The van der Waals surface area contributed by atoms with E-state index < -0.39 is 23.5 Å². The number of nitrogens with zero attached hydrogens (tertiary/aromatic N) is 2. The second-order valence-electron chi connectivity index (χ2n) is 4.68. The zero-order valence-corrected chi connectivity index (χ0v) is 10.7. The van der Waals surface area contributed by atoms with Crippen LogP contribution in [0.3, 0.4) is 0 Å². The van der Waals surface area contributed by atoms with E-state index in [1.165, 1.54) is 7.11 Å². The number of imide groups is 1. The summed E-state index contributed by atoms with van der Waals surface area (Å²) in [6.07, 6.45) is -0.831. The molecule has 104 valence electrons. The lowest BCUT2D eigenvalue weighted by molar-refractivity contribution is -0.136. The van der Waals surface area contributed by atoms with E-state index >= 15 is 0 Å². The van der Waals surface area contributed by atoms with Gasteiger partial charge in [0.1, 0.15) is 17.4 Å². The SMILES string of the molecule is COC(=O)N1NC2=NC[C@@](O)(c3ccccc3)[C@H]2C1=O. The third-order valence-electron chi connectivity index (χ3n) is 3.57. The van der Waals surface area contributed by atoms with Gasteiger partial charge in [0.25, 0.3) is 5.91 Å². The zero-order chi connectivity index (χ0) is 14.3. The van der Waals surface area contributed by atoms with Gasteiger partial charge in [-0.3, -0.25) is 15.2 Å². The minimum Gasteiger partial charge on any atom is -0.451 e. The van der Waals surface area contributed by atoms with Crippen LogP contribution in [0.4, 0.5) is 4.79 Å². The molecule has 2 amide bonds. The lowest BCUT2D eigenvalue weighted by Crippen LogP contribution is -2.44. The van der Waals surface area contributed by atoms with Crippen LogP contribution in [0, 0.1) is 5.92 Å². The number of nitrogens with one attached hydrogen (secondary N) is 1. The molecule has 1 fully saturated rings. The molecule has 0 spiro atoms. The van der Waals surface area contributed by atoms with Crippen LogP contribution in [0.1, 0.15) is 5.56 Å². The van der Waals surface area contributed by atoms with E-state index in [1.807, 2.05) is 6.07 Å². The number of methoxy groups -OCH3 is 1. The average molecular weight is 275 g/mol. The fraction of sp³-hybridized carbons (Fsp3) is 0.308. The minimum absolute atomic E-state index is 0.0742. The molecule has 20 heavy (non-hydrogen) atoms. The van der Waals surface area contributed by atoms with Crippen LogP contribution in [0.2, 0.25) is 0 Å². The fourth-order valence-corrected chi connectivity index (χ4v) is 2.55. The second kappa shape index (κ2) is 4.31. The molecule has 2 aliphatic rings. The van der Waals surface area contributed by atoms with Crippen molar-refractivity contribution in [3.05, 3.63) is 35.9 Å². The van der Waals surface area contributed by atoms with E-state index in [1.54, 1.807) is 24.3 Å². The molecule has 0 saturated carbocycles. The quantitative estimate of drug-likeness (QED) is 0.753. The number of hydrazine groups is 1. The summed E-state index contributed by atoms with van der Waals surface area (Å²) in [7, 11) is 1.18. The van der Waals surface area contributed by atoms with Crippen LogP contribution in [-0.2, 0) is 15.1 Å². The first kappa shape index (κ1) is 12.6. The number of ether oxygens (including phenoxy) is 1. The maximum atomic E-state index is 12.3. The molecule has 0 bridgehead atoms. The number of aliphatic imine (C=N–C) groups is 1. The molecule has 3 rings (SSSR count). The summed E-state index contributed by atoms with van der Waals surface area (Å²) in [5.41, 5.74) is 1.73. The molecule has 2 aliphatic heterocycles. The Hall–Kier alpha value is -2.41. The van der Waals surface area contributed by atoms with Crippen LogP contribution < -0.4 is 5.43 Å². The Morgan fingerprint density at radius 1 is 1.50 bits per heavy atom. The van der Waals surface area contributed by atoms with Crippen LogP contribution in [-0.4, -0.2) is 41.6 Å². The Morgan fingerprint density at radius 3 is 2.85 bits per heavy atom. The van der Waals surface area contributed by atoms with E-state index in [2.05, 4.69) is 15.2 Å². The van der Waals surface area contributed by atoms with Gasteiger partial charge in [-0.25, -0.2) is 4.79 Å². The van der Waals surface area contributed by atoms with Gasteiger partial charge in [0, 0.05) is 0 Å². The number of rotatable bonds is 1. The summed E-state index contributed by atoms with van der Waals surface area (Å²) >= 11 is 0. The Morgan fingerprint density at radius 2 is 2.20 bits per heavy atom. The van der Waals surface area contributed by atoms with Gasteiger partial charge in [0.15, 0.2) is 0 Å². The predicted octanol–water partition coefficient (Wildman–Crippen LogP) is 0.0157. The summed E-state index contributed by atoms with van der Waals surface area (Å²) < 4.78 is 4.51. The standard InChI is InChI=1S/C13H13N3O4/c1-20-12(18)16-11(17)9-10(15-16)14-7-13(9,19)8-5-3-2-4-6-8/h2-6,9,19H,7H2,1H3,(H,14,15)/t9-,13-/m1/s1. The highest BCUT2D eigenvalue weighted by Crippen LogP contribution is 2.38. The number of hydrogen-bond acceptors (Lipinski definition) is 6. The van der Waals surface area contributed by atoms with E-state index in [4.69, 9.17) is 0 Å². The molecule has 2 atom stereocenters. The van der Waals surface area contributed by atoms with E-state index in [0.29, 0.717) is 5.56 Å². The number of amides is 2. The summed E-state index contributed by atoms with van der Waals surface area (Å²) in [5, 5.41) is 11.6. The lowest BCUT2D eigenvalue weighted by atomic mass is 9.82. The smallest absolute Gasteiger partial charge is 0.435 e. The van der Waals surface area contributed by atoms with Gasteiger partial charge < -0.3 is 9.84 Å². The number of carbonyl (C=O) groups excluding carboxylic acids is 2. The van der Waals surface area contributed by atoms with Crippen molar-refractivity contribution in [2.75, 3.05) is 13.7 Å². The van der Waals surface area contributed by atoms with E-state index in [0.717, 1.165) is 5.01 Å². The van der Waals surface area contributed by atoms with Gasteiger partial charge in [-0.15, -0.1) is 0 Å². The number of hydrogen-bond donors (Lipinski definition) is 2. The Kier molecular flexibility index (Phi) is 2.72. The van der Waals surface area contributed by atoms with Crippen molar-refractivity contribution in [3.63, 3.8) is 0 Å². The lowest BCUT2D eigenvalue weighted by Gasteiger charge is -2.26. The molecule has 7 heteroatoms. The Labute approximate surface area is 114 Å². The van der Waals surface area contributed by atoms with Gasteiger partial charge in [0.2, 0.25) is 0 Å². The van der Waals surface area contributed by atoms with E-state index in [9.17, 15) is 14.7 Å². The summed E-state index contributed by atoms with van der Waals surface area (Å²) in [4.78, 5) is 27.9. The molecule has 1 aromatic carbocycles. The van der Waals surface area contributed by atoms with Crippen LogP contribution >= 0.6 is 0 Å². The monoisotopic (exact) mass is 275 g/mol. The first-order chi connectivity index (χ1) is 9.58. The van der Waals surface area contributed by atoms with Crippen molar-refractivity contribution in [1.29, 1.82) is 0 Å². The maximum absolute atomic E-state index is 12.3. The molecular weight excluding hydrogens is 262 g/mol. The summed E-state index contributed by atoms with van der Waals surface area (Å²) in [6, 6.07) is 8.82. The number of fused-ring (bicyclic) bond motifs is 1. The number of carbonyl (C=O) groups is 2. The highest BCUT2D eigenvalue weighted by molar-refractivity contribution is 6.15. The van der Waals surface area contributed by atoms with Gasteiger partial charge in [-0.2, -0.15) is 5.01 Å². The van der Waals surface area contributed by atoms with Crippen molar-refractivity contribution in [1.82, 2.24) is 10.4 Å². The molecule has 2 heterocycles. The number of benzene rings is 1. The van der Waals surface area contributed by atoms with Crippen molar-refractivity contribution in [3.8, 4) is 0 Å². The fourth-order valence-electron chi connectivity index (χ4n) is 2.55. The summed E-state index contributed by atoms with van der Waals surface area (Å²) in [6.45, 7) is 0.0742. The zero-order valence-electron chi connectivity index (χ0n) is 10.7. The molecule has 1 saturated heterocycles. The van der Waals surface area contributed by atoms with Crippen molar-refractivity contribution < 1.29 is 19.4 Å². The predicted molar refractivity (Wildman–Crippen MR) is 68.5 cm³/mol. The first-order valence-corrected chi connectivity index (χ1v) is 6.09. The van der Waals surface area contributed by atoms with Crippen LogP contribution in [0.5, 0.6) is 0 Å². The molecule has 2 N–H and O–H groups in total. The number of amidine groups is 1. The Balaban J connectivity index is 1.97. The molecule has 0 aromatic heterocycles. The third kappa shape index (κ3) is 1.60. The normalized spacial score (nSPS) is 27.9. The summed E-state index contributed by atoms with van der Waals surface area (Å²) in [5.74, 6) is -1.20. The molecule has 1 aromatic rings. The largest absolute Gasteiger partial charge is 0.451 e. The van der Waals surface area contributed by atoms with E-state index in [-0.39, 0.29) is 12.4 Å². The molecule has 0 unspecified atom stereocenters. The third-order valence-corrected chi connectivity index (χ3v) is 3.57. The molecule has 0 radical (unpaired) electrons. The topological polar surface area (TPSA) is 91.2 Å².